The third-order valence-electron chi connectivity index (χ3n) is 5.06. The van der Waals surface area contributed by atoms with E-state index >= 15 is 0 Å². The number of nitrogens with zero attached hydrogens (tertiary/aromatic N) is 4. The highest BCUT2D eigenvalue weighted by Crippen LogP contribution is 2.03. The van der Waals surface area contributed by atoms with Gasteiger partial charge in [0.05, 0.1) is 25.7 Å². The number of carboxylic acids is 3. The van der Waals surface area contributed by atoms with Crippen molar-refractivity contribution >= 4 is 17.9 Å². The largest absolute Gasteiger partial charge is 0.480 e. The Morgan fingerprint density at radius 1 is 0.700 bits per heavy atom. The average Bonchev–Trinajstić information content (AvgIpc) is 2.62. The Hall–Kier alpha value is -1.83. The van der Waals surface area contributed by atoms with Crippen LogP contribution in [0.2, 0.25) is 0 Å². The van der Waals surface area contributed by atoms with Crippen LogP contribution in [-0.2, 0) is 14.4 Å². The first-order valence-electron chi connectivity index (χ1n) is 10.0. The minimum Gasteiger partial charge on any atom is -0.480 e. The van der Waals surface area contributed by atoms with Crippen molar-refractivity contribution in [2.24, 2.45) is 5.73 Å². The Balaban J connectivity index is 2.94. The smallest absolute Gasteiger partial charge is 0.317 e. The molecule has 1 aliphatic heterocycles. The van der Waals surface area contributed by atoms with Gasteiger partial charge in [-0.15, -0.1) is 0 Å². The number of β-amino-alcohol motifs (C(OH)–C–C–N with tert-alkyl or cyclic N) is 1. The van der Waals surface area contributed by atoms with Crippen molar-refractivity contribution in [3.63, 3.8) is 0 Å². The number of nitrogens with two attached hydrogens (primary N) is 1. The van der Waals surface area contributed by atoms with Crippen molar-refractivity contribution in [2.75, 3.05) is 78.5 Å². The molecule has 0 spiro atoms. The van der Waals surface area contributed by atoms with Gasteiger partial charge in [-0.05, 0) is 6.92 Å². The lowest BCUT2D eigenvalue weighted by molar-refractivity contribution is -0.140. The molecule has 30 heavy (non-hydrogen) atoms. The fraction of sp³-hybridized carbons (Fsp3) is 0.833. The highest BCUT2D eigenvalue weighted by Gasteiger charge is 2.21. The molecule has 1 heterocycles. The maximum atomic E-state index is 11.2. The zero-order chi connectivity index (χ0) is 22.7. The van der Waals surface area contributed by atoms with E-state index in [1.165, 1.54) is 0 Å². The molecule has 0 aromatic carbocycles. The Labute approximate surface area is 176 Å². The van der Waals surface area contributed by atoms with Crippen LogP contribution >= 0.6 is 0 Å². The number of rotatable bonds is 9. The van der Waals surface area contributed by atoms with Gasteiger partial charge in [-0.2, -0.15) is 0 Å². The van der Waals surface area contributed by atoms with E-state index in [0.717, 1.165) is 0 Å². The molecule has 0 aliphatic carbocycles. The molecule has 1 rings (SSSR count). The molecule has 2 unspecified atom stereocenters. The summed E-state index contributed by atoms with van der Waals surface area (Å²) in [7, 11) is 0. The molecule has 1 saturated heterocycles. The number of aliphatic hydroxyl groups excluding tert-OH is 1. The van der Waals surface area contributed by atoms with Gasteiger partial charge in [-0.25, -0.2) is 0 Å². The van der Waals surface area contributed by atoms with Crippen LogP contribution in [0, 0.1) is 0 Å². The molecule has 0 aromatic rings. The van der Waals surface area contributed by atoms with Crippen molar-refractivity contribution in [3.8, 4) is 0 Å². The minimum absolute atomic E-state index is 0.171. The molecule has 1 fully saturated rings. The zero-order valence-corrected chi connectivity index (χ0v) is 17.5. The van der Waals surface area contributed by atoms with Gasteiger partial charge in [0.2, 0.25) is 0 Å². The van der Waals surface area contributed by atoms with Crippen LogP contribution in [0.25, 0.3) is 0 Å². The van der Waals surface area contributed by atoms with Crippen LogP contribution < -0.4 is 5.73 Å². The molecule has 6 N–H and O–H groups in total. The number of carboxylic acid groups (broad SMARTS) is 3. The number of hydrogen-bond acceptors (Lipinski definition) is 9. The average molecular weight is 434 g/mol. The Morgan fingerprint density at radius 2 is 0.967 bits per heavy atom. The second kappa shape index (κ2) is 13.5. The van der Waals surface area contributed by atoms with E-state index in [4.69, 9.17) is 10.8 Å². The van der Waals surface area contributed by atoms with Gasteiger partial charge in [0, 0.05) is 64.9 Å². The molecule has 0 amide bonds. The fourth-order valence-electron chi connectivity index (χ4n) is 3.24. The van der Waals surface area contributed by atoms with E-state index in [0.29, 0.717) is 58.9 Å². The summed E-state index contributed by atoms with van der Waals surface area (Å²) in [6, 6.07) is -0.429. The van der Waals surface area contributed by atoms with E-state index in [2.05, 4.69) is 0 Å². The minimum atomic E-state index is -0.993. The van der Waals surface area contributed by atoms with Gasteiger partial charge in [0.25, 0.3) is 0 Å². The highest BCUT2D eigenvalue weighted by atomic mass is 16.4. The Kier molecular flexibility index (Phi) is 11.8. The SMILES string of the molecule is CC(N)C(O)CN1CCN(CC(=O)O)CCN(CC(=O)O)CCN(CC(=O)O)CC1. The number of aliphatic hydroxyl groups is 1. The lowest BCUT2D eigenvalue weighted by Crippen LogP contribution is -2.50. The van der Waals surface area contributed by atoms with E-state index in [9.17, 15) is 29.7 Å². The van der Waals surface area contributed by atoms with Gasteiger partial charge in [0.1, 0.15) is 0 Å². The van der Waals surface area contributed by atoms with E-state index in [1.807, 2.05) is 4.90 Å². The topological polar surface area (TPSA) is 171 Å². The summed E-state index contributed by atoms with van der Waals surface area (Å²) in [5, 5.41) is 37.7. The summed E-state index contributed by atoms with van der Waals surface area (Å²) < 4.78 is 0. The third kappa shape index (κ3) is 11.4. The second-order valence-electron chi connectivity index (χ2n) is 7.74. The van der Waals surface area contributed by atoms with Crippen LogP contribution in [0.5, 0.6) is 0 Å². The predicted molar refractivity (Wildman–Crippen MR) is 108 cm³/mol. The van der Waals surface area contributed by atoms with Crippen LogP contribution in [-0.4, -0.2) is 149 Å². The number of carbonyl (C=O) groups is 3. The Bertz CT molecular complexity index is 531. The van der Waals surface area contributed by atoms with Gasteiger partial charge < -0.3 is 26.2 Å². The van der Waals surface area contributed by atoms with Crippen molar-refractivity contribution in [1.82, 2.24) is 19.6 Å². The number of hydrogen-bond donors (Lipinski definition) is 5. The summed E-state index contributed by atoms with van der Waals surface area (Å²) in [5.41, 5.74) is 5.76. The monoisotopic (exact) mass is 433 g/mol. The highest BCUT2D eigenvalue weighted by molar-refractivity contribution is 5.69. The van der Waals surface area contributed by atoms with Gasteiger partial charge in [0.15, 0.2) is 0 Å². The molecule has 2 atom stereocenters. The molecule has 174 valence electrons. The first-order valence-corrected chi connectivity index (χ1v) is 10.0. The number of aliphatic carboxylic acids is 3. The lowest BCUT2D eigenvalue weighted by Gasteiger charge is -2.34. The normalized spacial score (nSPS) is 21.3. The molecular formula is C18H35N5O7. The van der Waals surface area contributed by atoms with E-state index < -0.39 is 30.1 Å². The maximum Gasteiger partial charge on any atom is 0.317 e. The molecule has 12 nitrogen and oxygen atoms in total. The van der Waals surface area contributed by atoms with Crippen molar-refractivity contribution < 1.29 is 34.8 Å². The molecule has 0 aromatic heterocycles. The van der Waals surface area contributed by atoms with Crippen molar-refractivity contribution in [1.29, 1.82) is 0 Å². The summed E-state index contributed by atoms with van der Waals surface area (Å²) >= 11 is 0. The quantitative estimate of drug-likeness (QED) is 0.253. The van der Waals surface area contributed by atoms with Crippen molar-refractivity contribution in [3.05, 3.63) is 0 Å². The molecule has 1 aliphatic rings. The second-order valence-corrected chi connectivity index (χ2v) is 7.74. The lowest BCUT2D eigenvalue weighted by atomic mass is 10.2. The summed E-state index contributed by atoms with van der Waals surface area (Å²) in [6.45, 7) is 4.65. The van der Waals surface area contributed by atoms with Crippen LogP contribution in [0.4, 0.5) is 0 Å². The third-order valence-corrected chi connectivity index (χ3v) is 5.06. The molecule has 0 bridgehead atoms. The summed E-state index contributed by atoms with van der Waals surface area (Å²) in [5.74, 6) is -2.93. The van der Waals surface area contributed by atoms with Crippen LogP contribution in [0.15, 0.2) is 0 Å². The van der Waals surface area contributed by atoms with E-state index in [1.54, 1.807) is 21.6 Å². The predicted octanol–water partition coefficient (Wildman–Crippen LogP) is -2.83. The zero-order valence-electron chi connectivity index (χ0n) is 17.5. The van der Waals surface area contributed by atoms with E-state index in [-0.39, 0.29) is 19.6 Å². The van der Waals surface area contributed by atoms with Crippen molar-refractivity contribution in [2.45, 2.75) is 19.1 Å². The Morgan fingerprint density at radius 3 is 1.20 bits per heavy atom. The first kappa shape index (κ1) is 26.2. The fourth-order valence-corrected chi connectivity index (χ4v) is 3.24. The molecule has 0 radical (unpaired) electrons. The standard InChI is InChI=1S/C18H35N5O7/c1-14(19)15(24)10-20-2-4-21(11-16(25)26)6-8-23(13-18(29)30)9-7-22(5-3-20)12-17(27)28/h14-15,24H,2-13,19H2,1H3,(H,25,26)(H,27,28)(H,29,30). The molecular weight excluding hydrogens is 398 g/mol. The van der Waals surface area contributed by atoms with Gasteiger partial charge in [-0.1, -0.05) is 0 Å². The summed E-state index contributed by atoms with van der Waals surface area (Å²) in [6.07, 6.45) is -0.759. The van der Waals surface area contributed by atoms with Gasteiger partial charge in [-0.3, -0.25) is 34.0 Å². The molecule has 12 heteroatoms. The van der Waals surface area contributed by atoms with Crippen LogP contribution in [0.3, 0.4) is 0 Å². The van der Waals surface area contributed by atoms with Gasteiger partial charge >= 0.3 is 17.9 Å². The maximum absolute atomic E-state index is 11.2. The first-order chi connectivity index (χ1) is 14.1. The molecule has 0 saturated carbocycles. The van der Waals surface area contributed by atoms with Crippen LogP contribution in [0.1, 0.15) is 6.92 Å². The summed E-state index contributed by atoms with van der Waals surface area (Å²) in [4.78, 5) is 40.7.